The number of aldehydes is 1. The standard InChI is InChI=1S/C14H18N2O/c1-2-14-11(10-17)8-13(9-15)16(14)12-6-4-3-5-7-12/h8,10,12H,2-7H2,1H3. The van der Waals surface area contributed by atoms with Gasteiger partial charge in [0.15, 0.2) is 6.29 Å². The van der Waals surface area contributed by atoms with Crippen LogP contribution in [0.4, 0.5) is 0 Å². The Morgan fingerprint density at radius 3 is 2.71 bits per heavy atom. The number of nitrogens with zero attached hydrogens (tertiary/aromatic N) is 2. The fourth-order valence-electron chi connectivity index (χ4n) is 2.90. The van der Waals surface area contributed by atoms with E-state index < -0.39 is 0 Å². The second-order valence-electron chi connectivity index (χ2n) is 4.68. The van der Waals surface area contributed by atoms with Crippen LogP contribution in [0, 0.1) is 11.3 Å². The third-order valence-corrected chi connectivity index (χ3v) is 3.69. The molecule has 1 aromatic heterocycles. The van der Waals surface area contributed by atoms with E-state index in [2.05, 4.69) is 10.6 Å². The molecule has 0 amide bonds. The minimum atomic E-state index is 0.419. The van der Waals surface area contributed by atoms with E-state index in [0.717, 1.165) is 31.2 Å². The molecule has 1 aliphatic rings. The first-order valence-electron chi connectivity index (χ1n) is 6.41. The van der Waals surface area contributed by atoms with E-state index in [4.69, 9.17) is 0 Å². The number of carbonyl (C=O) groups is 1. The number of hydrogen-bond acceptors (Lipinski definition) is 2. The molecule has 3 heteroatoms. The Morgan fingerprint density at radius 1 is 1.47 bits per heavy atom. The zero-order valence-electron chi connectivity index (χ0n) is 10.3. The Hall–Kier alpha value is -1.56. The molecule has 2 rings (SSSR count). The number of aromatic nitrogens is 1. The normalized spacial score (nSPS) is 16.7. The van der Waals surface area contributed by atoms with E-state index in [1.807, 2.05) is 6.92 Å². The zero-order chi connectivity index (χ0) is 12.3. The molecule has 1 fully saturated rings. The van der Waals surface area contributed by atoms with Crippen LogP contribution in [-0.4, -0.2) is 10.9 Å². The third-order valence-electron chi connectivity index (χ3n) is 3.69. The first-order valence-corrected chi connectivity index (χ1v) is 6.41. The van der Waals surface area contributed by atoms with Crippen molar-refractivity contribution in [2.24, 2.45) is 0 Å². The van der Waals surface area contributed by atoms with Crippen molar-refractivity contribution in [1.82, 2.24) is 4.57 Å². The molecule has 0 aliphatic heterocycles. The quantitative estimate of drug-likeness (QED) is 0.748. The molecule has 0 spiro atoms. The summed E-state index contributed by atoms with van der Waals surface area (Å²) in [5.74, 6) is 0. The summed E-state index contributed by atoms with van der Waals surface area (Å²) < 4.78 is 2.11. The average Bonchev–Trinajstić information content (AvgIpc) is 2.77. The van der Waals surface area contributed by atoms with Gasteiger partial charge in [0.1, 0.15) is 11.8 Å². The highest BCUT2D eigenvalue weighted by molar-refractivity contribution is 5.78. The maximum absolute atomic E-state index is 11.0. The van der Waals surface area contributed by atoms with Crippen LogP contribution in [0.5, 0.6) is 0 Å². The van der Waals surface area contributed by atoms with Gasteiger partial charge < -0.3 is 4.57 Å². The van der Waals surface area contributed by atoms with Crippen LogP contribution < -0.4 is 0 Å². The van der Waals surface area contributed by atoms with Crippen LogP contribution >= 0.6 is 0 Å². The third kappa shape index (κ3) is 2.12. The molecule has 0 saturated heterocycles. The van der Waals surface area contributed by atoms with Gasteiger partial charge in [-0.25, -0.2) is 0 Å². The maximum atomic E-state index is 11.0. The Morgan fingerprint density at radius 2 is 2.18 bits per heavy atom. The summed E-state index contributed by atoms with van der Waals surface area (Å²) in [4.78, 5) is 11.0. The molecule has 1 heterocycles. The molecule has 0 unspecified atom stereocenters. The smallest absolute Gasteiger partial charge is 0.151 e. The van der Waals surface area contributed by atoms with Crippen molar-refractivity contribution < 1.29 is 4.79 Å². The molecule has 0 N–H and O–H groups in total. The molecule has 3 nitrogen and oxygen atoms in total. The number of rotatable bonds is 3. The topological polar surface area (TPSA) is 45.8 Å². The Balaban J connectivity index is 2.45. The summed E-state index contributed by atoms with van der Waals surface area (Å²) in [5, 5.41) is 9.19. The van der Waals surface area contributed by atoms with Crippen LogP contribution in [0.15, 0.2) is 6.07 Å². The molecule has 0 atom stereocenters. The van der Waals surface area contributed by atoms with Crippen molar-refractivity contribution in [2.75, 3.05) is 0 Å². The van der Waals surface area contributed by atoms with Crippen molar-refractivity contribution >= 4 is 6.29 Å². The summed E-state index contributed by atoms with van der Waals surface area (Å²) >= 11 is 0. The molecule has 1 aliphatic carbocycles. The lowest BCUT2D eigenvalue weighted by Crippen LogP contribution is -2.16. The van der Waals surface area contributed by atoms with Gasteiger partial charge >= 0.3 is 0 Å². The Labute approximate surface area is 102 Å². The van der Waals surface area contributed by atoms with E-state index in [1.165, 1.54) is 19.3 Å². The summed E-state index contributed by atoms with van der Waals surface area (Å²) in [5.41, 5.74) is 2.37. The minimum absolute atomic E-state index is 0.419. The predicted molar refractivity (Wildman–Crippen MR) is 66.0 cm³/mol. The van der Waals surface area contributed by atoms with Crippen LogP contribution in [-0.2, 0) is 6.42 Å². The van der Waals surface area contributed by atoms with Gasteiger partial charge in [-0.05, 0) is 25.3 Å². The van der Waals surface area contributed by atoms with Crippen LogP contribution in [0.3, 0.4) is 0 Å². The van der Waals surface area contributed by atoms with Gasteiger partial charge in [-0.3, -0.25) is 4.79 Å². The second-order valence-corrected chi connectivity index (χ2v) is 4.68. The van der Waals surface area contributed by atoms with Crippen molar-refractivity contribution in [3.8, 4) is 6.07 Å². The molecule has 0 bridgehead atoms. The highest BCUT2D eigenvalue weighted by atomic mass is 16.1. The first kappa shape index (κ1) is 11.9. The van der Waals surface area contributed by atoms with Crippen molar-refractivity contribution in [3.05, 3.63) is 23.0 Å². The van der Waals surface area contributed by atoms with Gasteiger partial charge in [0.2, 0.25) is 0 Å². The van der Waals surface area contributed by atoms with E-state index in [-0.39, 0.29) is 0 Å². The van der Waals surface area contributed by atoms with Crippen molar-refractivity contribution in [2.45, 2.75) is 51.5 Å². The molecule has 1 saturated carbocycles. The highest BCUT2D eigenvalue weighted by Crippen LogP contribution is 2.32. The van der Waals surface area contributed by atoms with Gasteiger partial charge in [-0.2, -0.15) is 5.26 Å². The van der Waals surface area contributed by atoms with Gasteiger partial charge in [-0.1, -0.05) is 26.2 Å². The second kappa shape index (κ2) is 5.18. The van der Waals surface area contributed by atoms with Crippen molar-refractivity contribution in [1.29, 1.82) is 5.26 Å². The van der Waals surface area contributed by atoms with Crippen LogP contribution in [0.25, 0.3) is 0 Å². The Kier molecular flexibility index (Phi) is 3.63. The maximum Gasteiger partial charge on any atom is 0.151 e. The molecule has 90 valence electrons. The molecular weight excluding hydrogens is 212 g/mol. The lowest BCUT2D eigenvalue weighted by atomic mass is 9.95. The van der Waals surface area contributed by atoms with E-state index in [9.17, 15) is 10.1 Å². The lowest BCUT2D eigenvalue weighted by molar-refractivity contribution is 0.112. The SMILES string of the molecule is CCc1c(C=O)cc(C#N)n1C1CCCCC1. The fraction of sp³-hybridized carbons (Fsp3) is 0.571. The van der Waals surface area contributed by atoms with Gasteiger partial charge in [-0.15, -0.1) is 0 Å². The summed E-state index contributed by atoms with van der Waals surface area (Å²) in [6.07, 6.45) is 7.71. The summed E-state index contributed by atoms with van der Waals surface area (Å²) in [6, 6.07) is 4.38. The first-order chi connectivity index (χ1) is 8.31. The highest BCUT2D eigenvalue weighted by Gasteiger charge is 2.22. The monoisotopic (exact) mass is 230 g/mol. The van der Waals surface area contributed by atoms with Crippen LogP contribution in [0.2, 0.25) is 0 Å². The van der Waals surface area contributed by atoms with Crippen molar-refractivity contribution in [3.63, 3.8) is 0 Å². The molecular formula is C14H18N2O. The fourth-order valence-corrected chi connectivity index (χ4v) is 2.90. The van der Waals surface area contributed by atoms with Gasteiger partial charge in [0.25, 0.3) is 0 Å². The summed E-state index contributed by atoms with van der Waals surface area (Å²) in [6.45, 7) is 2.04. The minimum Gasteiger partial charge on any atom is -0.333 e. The number of hydrogen-bond donors (Lipinski definition) is 0. The Bertz CT molecular complexity index is 448. The lowest BCUT2D eigenvalue weighted by Gasteiger charge is -2.26. The van der Waals surface area contributed by atoms with E-state index in [0.29, 0.717) is 17.3 Å². The number of carbonyl (C=O) groups excluding carboxylic acids is 1. The van der Waals surface area contributed by atoms with E-state index >= 15 is 0 Å². The molecule has 0 aromatic carbocycles. The van der Waals surface area contributed by atoms with Gasteiger partial charge in [0.05, 0.1) is 0 Å². The van der Waals surface area contributed by atoms with E-state index in [1.54, 1.807) is 6.07 Å². The molecule has 0 radical (unpaired) electrons. The zero-order valence-corrected chi connectivity index (χ0v) is 10.3. The van der Waals surface area contributed by atoms with Crippen LogP contribution in [0.1, 0.15) is 66.8 Å². The molecule has 1 aromatic rings. The number of nitriles is 1. The summed E-state index contributed by atoms with van der Waals surface area (Å²) in [7, 11) is 0. The predicted octanol–water partition coefficient (Wildman–Crippen LogP) is 3.24. The van der Waals surface area contributed by atoms with Gasteiger partial charge in [0, 0.05) is 17.3 Å². The largest absolute Gasteiger partial charge is 0.333 e. The molecule has 17 heavy (non-hydrogen) atoms. The average molecular weight is 230 g/mol.